The zero-order chi connectivity index (χ0) is 46.9. The lowest BCUT2D eigenvalue weighted by Crippen LogP contribution is -2.31. The van der Waals surface area contributed by atoms with Crippen molar-refractivity contribution in [3.63, 3.8) is 0 Å². The molecule has 0 bridgehead atoms. The van der Waals surface area contributed by atoms with Gasteiger partial charge in [0.05, 0.1) is 10.8 Å². The largest absolute Gasteiger partial charge is 0.322 e. The highest BCUT2D eigenvalue weighted by molar-refractivity contribution is 6.05. The smallest absolute Gasteiger partial charge is 0.255 e. The predicted octanol–water partition coefficient (Wildman–Crippen LogP) is 14.5. The topological polar surface area (TPSA) is 58.2 Å². The van der Waals surface area contributed by atoms with Gasteiger partial charge in [-0.2, -0.15) is 0 Å². The van der Waals surface area contributed by atoms with E-state index in [9.17, 15) is 9.59 Å². The van der Waals surface area contributed by atoms with Crippen LogP contribution >= 0.6 is 0 Å². The Morgan fingerprint density at radius 2 is 0.522 bits per heavy atom. The first kappa shape index (κ1) is 44.0. The number of benzene rings is 10. The zero-order valence-corrected chi connectivity index (χ0v) is 38.1. The molecule has 0 aliphatic heterocycles. The highest BCUT2D eigenvalue weighted by Crippen LogP contribution is 2.47. The average molecular weight is 891 g/mol. The molecule has 4 nitrogen and oxygen atoms in total. The minimum Gasteiger partial charge on any atom is -0.322 e. The van der Waals surface area contributed by atoms with Gasteiger partial charge in [0.15, 0.2) is 0 Å². The summed E-state index contributed by atoms with van der Waals surface area (Å²) >= 11 is 0. The summed E-state index contributed by atoms with van der Waals surface area (Å²) in [6.07, 6.45) is 0.548. The lowest BCUT2D eigenvalue weighted by atomic mass is 9.65. The average Bonchev–Trinajstić information content (AvgIpc) is 3.42. The van der Waals surface area contributed by atoms with Crippen molar-refractivity contribution in [3.8, 4) is 0 Å². The van der Waals surface area contributed by atoms with Crippen LogP contribution in [-0.4, -0.2) is 11.8 Å². The van der Waals surface area contributed by atoms with Crippen molar-refractivity contribution in [2.75, 3.05) is 10.6 Å². The fourth-order valence-corrected chi connectivity index (χ4v) is 10.0. The highest BCUT2D eigenvalue weighted by atomic mass is 16.2. The Labute approximate surface area is 404 Å². The molecule has 0 aliphatic carbocycles. The number of carbonyl (C=O) groups is 2. The Morgan fingerprint density at radius 3 is 0.783 bits per heavy atom. The Kier molecular flexibility index (Phi) is 12.7. The van der Waals surface area contributed by atoms with Crippen molar-refractivity contribution in [2.24, 2.45) is 0 Å². The molecule has 10 aromatic rings. The van der Waals surface area contributed by atoms with Gasteiger partial charge in [0.25, 0.3) is 11.8 Å². The van der Waals surface area contributed by atoms with Gasteiger partial charge >= 0.3 is 0 Å². The summed E-state index contributed by atoms with van der Waals surface area (Å²) in [4.78, 5) is 27.6. The molecule has 2 amide bonds. The molecule has 0 heterocycles. The van der Waals surface area contributed by atoms with Crippen molar-refractivity contribution in [1.29, 1.82) is 0 Å². The molecule has 0 aliphatic rings. The van der Waals surface area contributed by atoms with Crippen molar-refractivity contribution in [1.82, 2.24) is 0 Å². The molecule has 0 atom stereocenters. The van der Waals surface area contributed by atoms with Crippen LogP contribution in [0, 0.1) is 0 Å². The van der Waals surface area contributed by atoms with Gasteiger partial charge in [0.1, 0.15) is 0 Å². The Hall–Kier alpha value is -8.86. The van der Waals surface area contributed by atoms with E-state index in [1.807, 2.05) is 109 Å². The quantitative estimate of drug-likeness (QED) is 0.107. The molecule has 0 saturated heterocycles. The lowest BCUT2D eigenvalue weighted by molar-refractivity contribution is 0.101. The molecule has 4 heteroatoms. The van der Waals surface area contributed by atoms with Crippen LogP contribution in [0.5, 0.6) is 0 Å². The molecule has 10 aromatic carbocycles. The summed E-state index contributed by atoms with van der Waals surface area (Å²) in [5, 5.41) is 6.28. The molecule has 0 saturated carbocycles. The summed E-state index contributed by atoms with van der Waals surface area (Å²) in [6, 6.07) is 95.2. The summed E-state index contributed by atoms with van der Waals surface area (Å²) in [5.74, 6) is -0.393. The number of nitrogens with one attached hydrogen (secondary N) is 2. The van der Waals surface area contributed by atoms with E-state index in [1.165, 1.54) is 0 Å². The number of amides is 2. The van der Waals surface area contributed by atoms with Gasteiger partial charge in [-0.05, 0) is 111 Å². The van der Waals surface area contributed by atoms with Gasteiger partial charge in [-0.15, -0.1) is 0 Å². The van der Waals surface area contributed by atoms with E-state index in [2.05, 4.69) is 180 Å². The van der Waals surface area contributed by atoms with E-state index in [1.54, 1.807) is 0 Å². The second kappa shape index (κ2) is 19.9. The first-order valence-electron chi connectivity index (χ1n) is 23.4. The SMILES string of the molecule is O=C(Nc1ccc(C(c2ccccc2)(c2ccccc2)c2ccccc2)cc1)c1cccc(Cc2cccc(C(=O)Nc3ccc(C(c4ccccc4)(c4ccccc4)c4ccccc4)cc3)c2)c1. The van der Waals surface area contributed by atoms with Crippen LogP contribution in [0.3, 0.4) is 0 Å². The fourth-order valence-electron chi connectivity index (χ4n) is 10.0. The van der Waals surface area contributed by atoms with Gasteiger partial charge in [0.2, 0.25) is 0 Å². The normalized spacial score (nSPS) is 11.4. The van der Waals surface area contributed by atoms with Crippen molar-refractivity contribution in [2.45, 2.75) is 17.3 Å². The number of carbonyl (C=O) groups excluding carboxylic acids is 2. The van der Waals surface area contributed by atoms with E-state index in [0.29, 0.717) is 28.9 Å². The van der Waals surface area contributed by atoms with Crippen molar-refractivity contribution in [3.05, 3.63) is 346 Å². The van der Waals surface area contributed by atoms with Crippen LogP contribution in [0.15, 0.2) is 279 Å². The van der Waals surface area contributed by atoms with E-state index >= 15 is 0 Å². The fraction of sp³-hybridized carbons (Fsp3) is 0.0462. The first-order valence-corrected chi connectivity index (χ1v) is 23.4. The third-order valence-corrected chi connectivity index (χ3v) is 13.2. The van der Waals surface area contributed by atoms with Gasteiger partial charge < -0.3 is 10.6 Å². The minimum absolute atomic E-state index is 0.197. The molecule has 69 heavy (non-hydrogen) atoms. The van der Waals surface area contributed by atoms with Crippen molar-refractivity contribution >= 4 is 23.2 Å². The van der Waals surface area contributed by atoms with Crippen LogP contribution < -0.4 is 10.6 Å². The predicted molar refractivity (Wildman–Crippen MR) is 281 cm³/mol. The maximum absolute atomic E-state index is 13.8. The van der Waals surface area contributed by atoms with Crippen LogP contribution in [0.25, 0.3) is 0 Å². The second-order valence-corrected chi connectivity index (χ2v) is 17.3. The van der Waals surface area contributed by atoms with Gasteiger partial charge in [-0.3, -0.25) is 9.59 Å². The van der Waals surface area contributed by atoms with Gasteiger partial charge in [-0.1, -0.05) is 231 Å². The molecule has 0 spiro atoms. The van der Waals surface area contributed by atoms with E-state index in [-0.39, 0.29) is 11.8 Å². The molecule has 0 unspecified atom stereocenters. The van der Waals surface area contributed by atoms with Crippen LogP contribution in [0.1, 0.15) is 76.4 Å². The second-order valence-electron chi connectivity index (χ2n) is 17.3. The zero-order valence-electron chi connectivity index (χ0n) is 38.1. The molecular formula is C65H50N2O2. The van der Waals surface area contributed by atoms with Crippen LogP contribution in [0.4, 0.5) is 11.4 Å². The number of hydrogen-bond acceptors (Lipinski definition) is 2. The summed E-state index contributed by atoms with van der Waals surface area (Å²) in [6.45, 7) is 0. The Balaban J connectivity index is 0.849. The standard InChI is InChI=1S/C65H50N2O2/c68-62(66-60-41-37-58(38-42-60)64(52-25-7-1-8-26-52,53-27-9-2-10-28-53)54-29-11-3-12-30-54)50-23-19-21-48(46-50)45-49-22-20-24-51(47-49)63(69)67-61-43-39-59(40-44-61)65(55-31-13-4-14-32-55,56-33-15-5-16-34-56)57-35-17-6-18-36-57/h1-44,46-47H,45H2,(H,66,68)(H,67,69). The molecular weight excluding hydrogens is 841 g/mol. The maximum Gasteiger partial charge on any atom is 0.255 e. The Morgan fingerprint density at radius 1 is 0.275 bits per heavy atom. The van der Waals surface area contributed by atoms with Gasteiger partial charge in [-0.25, -0.2) is 0 Å². The number of rotatable bonds is 14. The third-order valence-electron chi connectivity index (χ3n) is 13.2. The molecule has 10 rings (SSSR count). The summed E-state index contributed by atoms with van der Waals surface area (Å²) < 4.78 is 0. The molecule has 0 fully saturated rings. The molecule has 2 N–H and O–H groups in total. The number of hydrogen-bond donors (Lipinski definition) is 2. The monoisotopic (exact) mass is 890 g/mol. The summed E-state index contributed by atoms with van der Waals surface area (Å²) in [5.41, 5.74) is 12.4. The minimum atomic E-state index is -0.577. The van der Waals surface area contributed by atoms with Gasteiger partial charge in [0, 0.05) is 22.5 Å². The van der Waals surface area contributed by atoms with E-state index in [0.717, 1.165) is 55.6 Å². The molecule has 332 valence electrons. The lowest BCUT2D eigenvalue weighted by Gasteiger charge is -2.37. The van der Waals surface area contributed by atoms with Crippen molar-refractivity contribution < 1.29 is 9.59 Å². The first-order chi connectivity index (χ1) is 34.0. The maximum atomic E-state index is 13.8. The molecule has 0 radical (unpaired) electrons. The number of anilines is 2. The highest BCUT2D eigenvalue weighted by Gasteiger charge is 2.39. The van der Waals surface area contributed by atoms with E-state index in [4.69, 9.17) is 0 Å². The summed E-state index contributed by atoms with van der Waals surface area (Å²) in [7, 11) is 0. The van der Waals surface area contributed by atoms with Crippen LogP contribution in [0.2, 0.25) is 0 Å². The molecule has 0 aromatic heterocycles. The Bertz CT molecular complexity index is 2870. The third kappa shape index (κ3) is 8.92. The van der Waals surface area contributed by atoms with E-state index < -0.39 is 10.8 Å². The van der Waals surface area contributed by atoms with Crippen LogP contribution in [-0.2, 0) is 17.3 Å².